The number of alkyl halides is 6. The minimum absolute atomic E-state index is 0.224. The van der Waals surface area contributed by atoms with Crippen molar-refractivity contribution in [3.8, 4) is 0 Å². The highest BCUT2D eigenvalue weighted by Crippen LogP contribution is 2.30. The molecule has 0 unspecified atom stereocenters. The van der Waals surface area contributed by atoms with Crippen LogP contribution in [-0.2, 0) is 23.6 Å². The van der Waals surface area contributed by atoms with Crippen molar-refractivity contribution in [2.45, 2.75) is 24.8 Å². The number of hydrogen-bond acceptors (Lipinski definition) is 2. The maximum Gasteiger partial charge on any atom is 0.416 e. The van der Waals surface area contributed by atoms with Gasteiger partial charge < -0.3 is 11.1 Å². The second-order valence-electron chi connectivity index (χ2n) is 5.91. The Morgan fingerprint density at radius 2 is 1.46 bits per heavy atom. The standard InChI is InChI=1S/C18H14F6N2O2/c19-17(20,21)12-6-4-10(5-7-12)8-14(15(25)27)26-16(28)11-2-1-3-13(9-11)18(22,23)24/h1-7,9,14H,8H2,(H2,25,27)(H,26,28)/t14-/m1/s1. The van der Waals surface area contributed by atoms with E-state index in [1.807, 2.05) is 0 Å². The number of hydrogen-bond donors (Lipinski definition) is 2. The van der Waals surface area contributed by atoms with Crippen molar-refractivity contribution < 1.29 is 35.9 Å². The summed E-state index contributed by atoms with van der Waals surface area (Å²) in [6.45, 7) is 0. The molecule has 28 heavy (non-hydrogen) atoms. The van der Waals surface area contributed by atoms with Crippen molar-refractivity contribution in [2.75, 3.05) is 0 Å². The summed E-state index contributed by atoms with van der Waals surface area (Å²) in [6.07, 6.45) is -9.41. The van der Waals surface area contributed by atoms with Crippen LogP contribution < -0.4 is 11.1 Å². The average Bonchev–Trinajstić information content (AvgIpc) is 2.60. The molecule has 2 rings (SSSR count). The van der Waals surface area contributed by atoms with Crippen LogP contribution in [-0.4, -0.2) is 17.9 Å². The fourth-order valence-electron chi connectivity index (χ4n) is 2.37. The van der Waals surface area contributed by atoms with Gasteiger partial charge in [0.25, 0.3) is 5.91 Å². The lowest BCUT2D eigenvalue weighted by atomic mass is 10.0. The molecule has 2 aromatic carbocycles. The van der Waals surface area contributed by atoms with Crippen LogP contribution in [0.5, 0.6) is 0 Å². The predicted octanol–water partition coefficient (Wildman–Crippen LogP) is 3.55. The number of benzene rings is 2. The molecular formula is C18H14F6N2O2. The number of nitrogens with one attached hydrogen (secondary N) is 1. The number of rotatable bonds is 5. The highest BCUT2D eigenvalue weighted by molar-refractivity contribution is 5.97. The van der Waals surface area contributed by atoms with E-state index in [4.69, 9.17) is 5.73 Å². The third-order valence-electron chi connectivity index (χ3n) is 3.82. The quantitative estimate of drug-likeness (QED) is 0.749. The molecule has 0 heterocycles. The molecule has 0 saturated carbocycles. The van der Waals surface area contributed by atoms with Crippen LogP contribution in [0.25, 0.3) is 0 Å². The van der Waals surface area contributed by atoms with Gasteiger partial charge in [-0.15, -0.1) is 0 Å². The summed E-state index contributed by atoms with van der Waals surface area (Å²) >= 11 is 0. The van der Waals surface area contributed by atoms with Crippen molar-refractivity contribution >= 4 is 11.8 Å². The molecule has 2 aromatic rings. The van der Waals surface area contributed by atoms with Crippen molar-refractivity contribution in [1.82, 2.24) is 5.32 Å². The van der Waals surface area contributed by atoms with E-state index in [0.717, 1.165) is 42.5 Å². The maximum absolute atomic E-state index is 12.7. The Kier molecular flexibility index (Phi) is 6.01. The lowest BCUT2D eigenvalue weighted by molar-refractivity contribution is -0.138. The summed E-state index contributed by atoms with van der Waals surface area (Å²) in [5.41, 5.74) is 3.20. The zero-order chi connectivity index (χ0) is 21.1. The van der Waals surface area contributed by atoms with Gasteiger partial charge in [0.15, 0.2) is 0 Å². The Morgan fingerprint density at radius 1 is 0.893 bits per heavy atom. The molecule has 0 saturated heterocycles. The van der Waals surface area contributed by atoms with Crippen LogP contribution in [0.2, 0.25) is 0 Å². The van der Waals surface area contributed by atoms with Gasteiger partial charge in [0.1, 0.15) is 6.04 Å². The van der Waals surface area contributed by atoms with Crippen molar-refractivity contribution in [3.05, 3.63) is 70.8 Å². The minimum Gasteiger partial charge on any atom is -0.368 e. The number of nitrogens with two attached hydrogens (primary N) is 1. The molecule has 10 heteroatoms. The zero-order valence-corrected chi connectivity index (χ0v) is 14.1. The molecule has 2 amide bonds. The summed E-state index contributed by atoms with van der Waals surface area (Å²) in [5, 5.41) is 2.20. The summed E-state index contributed by atoms with van der Waals surface area (Å²) in [6, 6.07) is 6.09. The summed E-state index contributed by atoms with van der Waals surface area (Å²) in [4.78, 5) is 23.8. The molecule has 0 aliphatic rings. The summed E-state index contributed by atoms with van der Waals surface area (Å²) in [7, 11) is 0. The molecule has 0 bridgehead atoms. The van der Waals surface area contributed by atoms with E-state index in [1.54, 1.807) is 0 Å². The van der Waals surface area contributed by atoms with Crippen LogP contribution in [0.4, 0.5) is 26.3 Å². The van der Waals surface area contributed by atoms with Gasteiger partial charge in [0.2, 0.25) is 5.91 Å². The molecular weight excluding hydrogens is 390 g/mol. The maximum atomic E-state index is 12.7. The number of amides is 2. The molecule has 0 radical (unpaired) electrons. The Morgan fingerprint density at radius 3 is 1.96 bits per heavy atom. The first-order valence-electron chi connectivity index (χ1n) is 7.81. The van der Waals surface area contributed by atoms with E-state index < -0.39 is 41.3 Å². The van der Waals surface area contributed by atoms with E-state index in [1.165, 1.54) is 0 Å². The molecule has 0 aliphatic carbocycles. The Balaban J connectivity index is 2.15. The zero-order valence-electron chi connectivity index (χ0n) is 14.1. The number of carbonyl (C=O) groups excluding carboxylic acids is 2. The third kappa shape index (κ3) is 5.48. The minimum atomic E-state index is -4.65. The number of carbonyl (C=O) groups is 2. The van der Waals surface area contributed by atoms with Gasteiger partial charge in [-0.3, -0.25) is 9.59 Å². The normalized spacial score (nSPS) is 13.1. The van der Waals surface area contributed by atoms with Gasteiger partial charge in [-0.05, 0) is 35.9 Å². The number of halogens is 6. The molecule has 0 aromatic heterocycles. The molecule has 0 spiro atoms. The van der Waals surface area contributed by atoms with Crippen LogP contribution in [0.1, 0.15) is 27.0 Å². The Bertz CT molecular complexity index is 860. The summed E-state index contributed by atoms with van der Waals surface area (Å²) in [5.74, 6) is -1.96. The van der Waals surface area contributed by atoms with Gasteiger partial charge in [-0.1, -0.05) is 18.2 Å². The van der Waals surface area contributed by atoms with Crippen LogP contribution in [0, 0.1) is 0 Å². The van der Waals surface area contributed by atoms with Crippen LogP contribution >= 0.6 is 0 Å². The predicted molar refractivity (Wildman–Crippen MR) is 87.0 cm³/mol. The van der Waals surface area contributed by atoms with E-state index in [9.17, 15) is 35.9 Å². The Labute approximate surface area is 155 Å². The highest BCUT2D eigenvalue weighted by Gasteiger charge is 2.32. The smallest absolute Gasteiger partial charge is 0.368 e. The summed E-state index contributed by atoms with van der Waals surface area (Å²) < 4.78 is 75.9. The van der Waals surface area contributed by atoms with Crippen molar-refractivity contribution in [2.24, 2.45) is 5.73 Å². The van der Waals surface area contributed by atoms with Gasteiger partial charge in [-0.25, -0.2) is 0 Å². The Hall–Kier alpha value is -3.04. The fraction of sp³-hybridized carbons (Fsp3) is 0.222. The van der Waals surface area contributed by atoms with Crippen LogP contribution in [0.3, 0.4) is 0 Å². The fourth-order valence-corrected chi connectivity index (χ4v) is 2.37. The lowest BCUT2D eigenvalue weighted by Crippen LogP contribution is -2.45. The van der Waals surface area contributed by atoms with E-state index >= 15 is 0 Å². The van der Waals surface area contributed by atoms with Crippen molar-refractivity contribution in [3.63, 3.8) is 0 Å². The average molecular weight is 404 g/mol. The molecule has 0 fully saturated rings. The van der Waals surface area contributed by atoms with E-state index in [0.29, 0.717) is 6.07 Å². The van der Waals surface area contributed by atoms with Gasteiger partial charge >= 0.3 is 12.4 Å². The lowest BCUT2D eigenvalue weighted by Gasteiger charge is -2.17. The second kappa shape index (κ2) is 7.91. The van der Waals surface area contributed by atoms with Gasteiger partial charge in [-0.2, -0.15) is 26.3 Å². The molecule has 4 nitrogen and oxygen atoms in total. The largest absolute Gasteiger partial charge is 0.416 e. The van der Waals surface area contributed by atoms with Crippen molar-refractivity contribution in [1.29, 1.82) is 0 Å². The molecule has 3 N–H and O–H groups in total. The second-order valence-corrected chi connectivity index (χ2v) is 5.91. The third-order valence-corrected chi connectivity index (χ3v) is 3.82. The van der Waals surface area contributed by atoms with E-state index in [2.05, 4.69) is 5.32 Å². The van der Waals surface area contributed by atoms with Crippen LogP contribution in [0.15, 0.2) is 48.5 Å². The first-order chi connectivity index (χ1) is 12.9. The van der Waals surface area contributed by atoms with Gasteiger partial charge in [0.05, 0.1) is 11.1 Å². The number of primary amides is 1. The van der Waals surface area contributed by atoms with E-state index in [-0.39, 0.29) is 17.5 Å². The molecule has 150 valence electrons. The first kappa shape index (κ1) is 21.3. The molecule has 0 aliphatic heterocycles. The SMILES string of the molecule is NC(=O)[C@@H](Cc1ccc(C(F)(F)F)cc1)NC(=O)c1cccc(C(F)(F)F)c1. The molecule has 1 atom stereocenters. The topological polar surface area (TPSA) is 72.2 Å². The first-order valence-corrected chi connectivity index (χ1v) is 7.81. The van der Waals surface area contributed by atoms with Gasteiger partial charge in [0, 0.05) is 12.0 Å². The highest BCUT2D eigenvalue weighted by atomic mass is 19.4. The monoisotopic (exact) mass is 404 g/mol.